The van der Waals surface area contributed by atoms with Gasteiger partial charge in [0, 0.05) is 23.7 Å². The zero-order chi connectivity index (χ0) is 19.6. The van der Waals surface area contributed by atoms with Crippen LogP contribution in [0.15, 0.2) is 35.0 Å². The fraction of sp³-hybridized carbons (Fsp3) is 0.250. The highest BCUT2D eigenvalue weighted by atomic mass is 32.1. The molecule has 1 aromatic carbocycles. The minimum atomic E-state index is -0.222. The Balaban J connectivity index is 1.69. The van der Waals surface area contributed by atoms with Crippen LogP contribution in [0.2, 0.25) is 0 Å². The van der Waals surface area contributed by atoms with Gasteiger partial charge in [-0.25, -0.2) is 4.98 Å². The van der Waals surface area contributed by atoms with E-state index in [1.807, 2.05) is 55.8 Å². The van der Waals surface area contributed by atoms with Crippen LogP contribution in [0.4, 0.5) is 5.69 Å². The molecule has 3 aromatic rings. The van der Waals surface area contributed by atoms with Crippen LogP contribution in [-0.2, 0) is 4.79 Å². The van der Waals surface area contributed by atoms with E-state index in [1.165, 1.54) is 16.2 Å². The Morgan fingerprint density at radius 2 is 1.96 bits per heavy atom. The van der Waals surface area contributed by atoms with Crippen LogP contribution in [0.3, 0.4) is 0 Å². The number of thiazole rings is 1. The highest BCUT2D eigenvalue weighted by molar-refractivity contribution is 7.17. The van der Waals surface area contributed by atoms with Gasteiger partial charge in [0.05, 0.1) is 12.2 Å². The highest BCUT2D eigenvalue weighted by Crippen LogP contribution is 2.30. The lowest BCUT2D eigenvalue weighted by Crippen LogP contribution is -2.35. The lowest BCUT2D eigenvalue weighted by atomic mass is 10.1. The highest BCUT2D eigenvalue weighted by Gasteiger charge is 2.21. The van der Waals surface area contributed by atoms with E-state index in [9.17, 15) is 9.59 Å². The molecule has 2 heterocycles. The van der Waals surface area contributed by atoms with E-state index in [-0.39, 0.29) is 18.4 Å². The summed E-state index contributed by atoms with van der Waals surface area (Å²) in [5.74, 6) is -0.414. The largest absolute Gasteiger partial charge is 0.332 e. The summed E-state index contributed by atoms with van der Waals surface area (Å²) in [5, 5.41) is 7.70. The van der Waals surface area contributed by atoms with E-state index in [2.05, 4.69) is 10.3 Å². The van der Waals surface area contributed by atoms with Gasteiger partial charge >= 0.3 is 0 Å². The number of benzene rings is 1. The second-order valence-electron chi connectivity index (χ2n) is 6.40. The van der Waals surface area contributed by atoms with E-state index in [1.54, 1.807) is 18.4 Å². The number of aryl methyl sites for hydroxylation is 2. The zero-order valence-corrected chi connectivity index (χ0v) is 17.3. The summed E-state index contributed by atoms with van der Waals surface area (Å²) in [6, 6.07) is 7.75. The first-order valence-electron chi connectivity index (χ1n) is 8.48. The number of carbonyl (C=O) groups excluding carboxylic acids is 2. The van der Waals surface area contributed by atoms with Crippen LogP contribution in [0.1, 0.15) is 26.5 Å². The molecule has 0 spiro atoms. The van der Waals surface area contributed by atoms with Crippen molar-refractivity contribution < 1.29 is 9.59 Å². The topological polar surface area (TPSA) is 62.3 Å². The van der Waals surface area contributed by atoms with Crippen LogP contribution in [0.5, 0.6) is 0 Å². The van der Waals surface area contributed by atoms with Gasteiger partial charge in [-0.15, -0.1) is 11.3 Å². The van der Waals surface area contributed by atoms with Crippen LogP contribution in [0.25, 0.3) is 10.6 Å². The Labute approximate surface area is 166 Å². The van der Waals surface area contributed by atoms with Crippen LogP contribution in [0, 0.1) is 20.8 Å². The number of rotatable bonds is 5. The van der Waals surface area contributed by atoms with E-state index in [0.717, 1.165) is 27.4 Å². The maximum atomic E-state index is 12.8. The van der Waals surface area contributed by atoms with Crippen molar-refractivity contribution in [2.75, 3.05) is 18.9 Å². The molecule has 2 amide bonds. The third-order valence-electron chi connectivity index (χ3n) is 4.37. The molecule has 0 aliphatic rings. The number of hydrogen-bond donors (Lipinski definition) is 1. The average Bonchev–Trinajstić information content (AvgIpc) is 3.27. The molecule has 0 saturated heterocycles. The van der Waals surface area contributed by atoms with Gasteiger partial charge in [0.25, 0.3) is 5.91 Å². The van der Waals surface area contributed by atoms with Gasteiger partial charge < -0.3 is 10.2 Å². The van der Waals surface area contributed by atoms with Gasteiger partial charge in [0.15, 0.2) is 0 Å². The van der Waals surface area contributed by atoms with Crippen molar-refractivity contribution in [1.82, 2.24) is 9.88 Å². The maximum absolute atomic E-state index is 12.8. The number of anilines is 1. The molecular formula is C20H21N3O2S2. The van der Waals surface area contributed by atoms with Crippen molar-refractivity contribution in [2.24, 2.45) is 0 Å². The first kappa shape index (κ1) is 19.3. The molecule has 5 nitrogen and oxygen atoms in total. The van der Waals surface area contributed by atoms with E-state index in [4.69, 9.17) is 0 Å². The van der Waals surface area contributed by atoms with Crippen molar-refractivity contribution in [3.8, 4) is 10.6 Å². The summed E-state index contributed by atoms with van der Waals surface area (Å²) in [7, 11) is 1.63. The molecule has 140 valence electrons. The summed E-state index contributed by atoms with van der Waals surface area (Å²) in [5.41, 5.74) is 4.61. The minimum absolute atomic E-state index is 0.0165. The quantitative estimate of drug-likeness (QED) is 0.687. The summed E-state index contributed by atoms with van der Waals surface area (Å²) >= 11 is 2.96. The Bertz CT molecular complexity index is 977. The van der Waals surface area contributed by atoms with E-state index < -0.39 is 0 Å². The van der Waals surface area contributed by atoms with Crippen molar-refractivity contribution >= 4 is 40.2 Å². The molecule has 0 bridgehead atoms. The smallest absolute Gasteiger partial charge is 0.266 e. The van der Waals surface area contributed by atoms with E-state index >= 15 is 0 Å². The molecule has 0 aliphatic carbocycles. The number of amides is 2. The molecule has 0 fully saturated rings. The molecule has 0 saturated carbocycles. The number of hydrogen-bond acceptors (Lipinski definition) is 5. The first-order chi connectivity index (χ1) is 12.9. The van der Waals surface area contributed by atoms with Crippen molar-refractivity contribution in [1.29, 1.82) is 0 Å². The number of nitrogens with zero attached hydrogens (tertiary/aromatic N) is 2. The van der Waals surface area contributed by atoms with Crippen molar-refractivity contribution in [2.45, 2.75) is 20.8 Å². The predicted molar refractivity (Wildman–Crippen MR) is 112 cm³/mol. The molecule has 0 atom stereocenters. The average molecular weight is 400 g/mol. The lowest BCUT2D eigenvalue weighted by Gasteiger charge is -2.17. The molecule has 27 heavy (non-hydrogen) atoms. The second kappa shape index (κ2) is 8.02. The Morgan fingerprint density at radius 1 is 1.19 bits per heavy atom. The normalized spacial score (nSPS) is 10.7. The van der Waals surface area contributed by atoms with Crippen LogP contribution < -0.4 is 5.32 Å². The summed E-state index contributed by atoms with van der Waals surface area (Å²) < 4.78 is 0. The fourth-order valence-electron chi connectivity index (χ4n) is 2.64. The molecule has 0 aliphatic heterocycles. The monoisotopic (exact) mass is 399 g/mol. The maximum Gasteiger partial charge on any atom is 0.266 e. The molecule has 7 heteroatoms. The van der Waals surface area contributed by atoms with Gasteiger partial charge in [-0.2, -0.15) is 11.3 Å². The molecule has 1 N–H and O–H groups in total. The molecule has 3 rings (SSSR count). The van der Waals surface area contributed by atoms with Crippen molar-refractivity contribution in [3.05, 3.63) is 56.7 Å². The SMILES string of the molecule is Cc1cccc(NC(=O)CN(C)C(=O)c2sc(-c3ccsc3)nc2C)c1C. The summed E-state index contributed by atoms with van der Waals surface area (Å²) in [6.07, 6.45) is 0. The number of nitrogens with one attached hydrogen (secondary N) is 1. The van der Waals surface area contributed by atoms with Crippen LogP contribution >= 0.6 is 22.7 Å². The zero-order valence-electron chi connectivity index (χ0n) is 15.7. The summed E-state index contributed by atoms with van der Waals surface area (Å²) in [4.78, 5) is 31.7. The fourth-order valence-corrected chi connectivity index (χ4v) is 4.41. The van der Waals surface area contributed by atoms with Gasteiger partial charge in [-0.3, -0.25) is 9.59 Å². The minimum Gasteiger partial charge on any atom is -0.332 e. The third kappa shape index (κ3) is 4.26. The number of aromatic nitrogens is 1. The van der Waals surface area contributed by atoms with Crippen molar-refractivity contribution in [3.63, 3.8) is 0 Å². The van der Waals surface area contributed by atoms with Crippen LogP contribution in [-0.4, -0.2) is 35.3 Å². The Kier molecular flexibility index (Phi) is 5.72. The molecule has 0 unspecified atom stereocenters. The number of likely N-dealkylation sites (N-methyl/N-ethyl adjacent to an activating group) is 1. The van der Waals surface area contributed by atoms with Gasteiger partial charge in [-0.1, -0.05) is 12.1 Å². The molecule has 0 radical (unpaired) electrons. The Morgan fingerprint density at radius 3 is 2.67 bits per heavy atom. The van der Waals surface area contributed by atoms with Gasteiger partial charge in [-0.05, 0) is 49.4 Å². The lowest BCUT2D eigenvalue weighted by molar-refractivity contribution is -0.116. The van der Waals surface area contributed by atoms with Gasteiger partial charge in [0.2, 0.25) is 5.91 Å². The summed E-state index contributed by atoms with van der Waals surface area (Å²) in [6.45, 7) is 5.77. The second-order valence-corrected chi connectivity index (χ2v) is 8.18. The third-order valence-corrected chi connectivity index (χ3v) is 6.24. The molecular weight excluding hydrogens is 378 g/mol. The molecule has 2 aromatic heterocycles. The number of carbonyl (C=O) groups is 2. The number of thiophene rings is 1. The van der Waals surface area contributed by atoms with E-state index in [0.29, 0.717) is 10.6 Å². The first-order valence-corrected chi connectivity index (χ1v) is 10.2. The van der Waals surface area contributed by atoms with Gasteiger partial charge in [0.1, 0.15) is 9.88 Å². The Hall–Kier alpha value is -2.51. The predicted octanol–water partition coefficient (Wildman–Crippen LogP) is 4.51. The standard InChI is InChI=1S/C20H21N3O2S2/c1-12-6-5-7-16(13(12)2)22-17(24)10-23(4)20(25)18-14(3)21-19(27-18)15-8-9-26-11-15/h5-9,11H,10H2,1-4H3,(H,22,24).